The number of carbonyl (C=O) groups excluding carboxylic acids is 1. The summed E-state index contributed by atoms with van der Waals surface area (Å²) in [6.07, 6.45) is 4.07. The van der Waals surface area contributed by atoms with Gasteiger partial charge in [0, 0.05) is 43.0 Å². The van der Waals surface area contributed by atoms with Gasteiger partial charge in [0.1, 0.15) is 5.69 Å². The predicted octanol–water partition coefficient (Wildman–Crippen LogP) is 3.03. The Hall–Kier alpha value is -2.93. The van der Waals surface area contributed by atoms with Crippen molar-refractivity contribution in [3.63, 3.8) is 0 Å². The summed E-state index contributed by atoms with van der Waals surface area (Å²) in [5, 5.41) is 11.6. The maximum atomic E-state index is 12.3. The Labute approximate surface area is 170 Å². The molecule has 2 aromatic heterocycles. The summed E-state index contributed by atoms with van der Waals surface area (Å²) in [5.41, 5.74) is 3.61. The molecule has 1 aliphatic rings. The standard InChI is InChI=1S/C22H27N5O2/c1-16-20(13-24-26(16)2)21-11-19(29-25-21)15-27-10-6-7-17(14-27)12-23-22(28)18-8-4-3-5-9-18/h3-5,8-9,11,13,17H,6-7,10,12,14-15H2,1-2H3,(H,23,28). The van der Waals surface area contributed by atoms with Gasteiger partial charge in [-0.3, -0.25) is 14.4 Å². The van der Waals surface area contributed by atoms with E-state index in [9.17, 15) is 4.79 Å². The zero-order valence-electron chi connectivity index (χ0n) is 17.0. The molecule has 0 aliphatic carbocycles. The molecule has 1 saturated heterocycles. The maximum absolute atomic E-state index is 12.3. The van der Waals surface area contributed by atoms with Crippen molar-refractivity contribution >= 4 is 5.91 Å². The molecule has 1 aliphatic heterocycles. The second kappa shape index (κ2) is 8.61. The van der Waals surface area contributed by atoms with Gasteiger partial charge in [-0.2, -0.15) is 5.10 Å². The summed E-state index contributed by atoms with van der Waals surface area (Å²) in [6.45, 7) is 5.42. The van der Waals surface area contributed by atoms with E-state index < -0.39 is 0 Å². The number of likely N-dealkylation sites (tertiary alicyclic amines) is 1. The number of rotatable bonds is 6. The number of amides is 1. The summed E-state index contributed by atoms with van der Waals surface area (Å²) in [4.78, 5) is 14.6. The highest BCUT2D eigenvalue weighted by Gasteiger charge is 2.22. The van der Waals surface area contributed by atoms with E-state index in [1.54, 1.807) is 0 Å². The molecule has 7 nitrogen and oxygen atoms in total. The van der Waals surface area contributed by atoms with E-state index in [4.69, 9.17) is 4.52 Å². The Balaban J connectivity index is 1.31. The zero-order chi connectivity index (χ0) is 20.2. The number of carbonyl (C=O) groups is 1. The van der Waals surface area contributed by atoms with Crippen LogP contribution in [0.25, 0.3) is 11.3 Å². The molecule has 1 N–H and O–H groups in total. The highest BCUT2D eigenvalue weighted by Crippen LogP contribution is 2.24. The molecule has 0 saturated carbocycles. The molecule has 152 valence electrons. The fourth-order valence-corrected chi connectivity index (χ4v) is 3.88. The first-order valence-electron chi connectivity index (χ1n) is 10.1. The van der Waals surface area contributed by atoms with Crippen LogP contribution in [0.5, 0.6) is 0 Å². The summed E-state index contributed by atoms with van der Waals surface area (Å²) >= 11 is 0. The van der Waals surface area contributed by atoms with Gasteiger partial charge in [-0.25, -0.2) is 0 Å². The maximum Gasteiger partial charge on any atom is 0.251 e. The van der Waals surface area contributed by atoms with Crippen molar-refractivity contribution in [2.24, 2.45) is 13.0 Å². The second-order valence-corrected chi connectivity index (χ2v) is 7.77. The van der Waals surface area contributed by atoms with Crippen LogP contribution in [0.2, 0.25) is 0 Å². The van der Waals surface area contributed by atoms with Crippen LogP contribution in [0.4, 0.5) is 0 Å². The van der Waals surface area contributed by atoms with Gasteiger partial charge in [-0.15, -0.1) is 0 Å². The lowest BCUT2D eigenvalue weighted by molar-refractivity contribution is 0.0927. The minimum Gasteiger partial charge on any atom is -0.359 e. The normalized spacial score (nSPS) is 17.4. The zero-order valence-corrected chi connectivity index (χ0v) is 17.0. The molecule has 3 heterocycles. The lowest BCUT2D eigenvalue weighted by Crippen LogP contribution is -2.40. The molecule has 1 aromatic carbocycles. The highest BCUT2D eigenvalue weighted by atomic mass is 16.5. The number of aryl methyl sites for hydroxylation is 1. The summed E-state index contributed by atoms with van der Waals surface area (Å²) < 4.78 is 7.41. The molecule has 1 atom stereocenters. The number of nitrogens with one attached hydrogen (secondary N) is 1. The molecular weight excluding hydrogens is 366 g/mol. The number of hydrogen-bond acceptors (Lipinski definition) is 5. The Kier molecular flexibility index (Phi) is 5.76. The molecule has 29 heavy (non-hydrogen) atoms. The molecule has 1 unspecified atom stereocenters. The van der Waals surface area contributed by atoms with Crippen LogP contribution in [0.1, 0.15) is 34.7 Å². The van der Waals surface area contributed by atoms with Crippen LogP contribution < -0.4 is 5.32 Å². The van der Waals surface area contributed by atoms with Crippen LogP contribution >= 0.6 is 0 Å². The minimum atomic E-state index is -0.00515. The van der Waals surface area contributed by atoms with Gasteiger partial charge in [0.15, 0.2) is 5.76 Å². The molecule has 0 radical (unpaired) electrons. The summed E-state index contributed by atoms with van der Waals surface area (Å²) in [6, 6.07) is 11.4. The third kappa shape index (κ3) is 4.56. The molecule has 1 amide bonds. The Morgan fingerprint density at radius 2 is 2.14 bits per heavy atom. The second-order valence-electron chi connectivity index (χ2n) is 7.77. The first kappa shape index (κ1) is 19.4. The average molecular weight is 393 g/mol. The van der Waals surface area contributed by atoms with E-state index in [1.165, 1.54) is 0 Å². The van der Waals surface area contributed by atoms with E-state index in [0.717, 1.165) is 55.2 Å². The average Bonchev–Trinajstić information content (AvgIpc) is 3.33. The first-order chi connectivity index (χ1) is 14.1. The van der Waals surface area contributed by atoms with Gasteiger partial charge in [0.2, 0.25) is 0 Å². The molecule has 1 fully saturated rings. The van der Waals surface area contributed by atoms with Crippen LogP contribution in [-0.2, 0) is 13.6 Å². The smallest absolute Gasteiger partial charge is 0.251 e. The lowest BCUT2D eigenvalue weighted by Gasteiger charge is -2.32. The van der Waals surface area contributed by atoms with Crippen molar-refractivity contribution in [1.29, 1.82) is 0 Å². The highest BCUT2D eigenvalue weighted by molar-refractivity contribution is 5.94. The number of hydrogen-bond donors (Lipinski definition) is 1. The number of aromatic nitrogens is 3. The van der Waals surface area contributed by atoms with Gasteiger partial charge < -0.3 is 9.84 Å². The van der Waals surface area contributed by atoms with Gasteiger partial charge in [0.05, 0.1) is 12.7 Å². The van der Waals surface area contributed by atoms with E-state index in [1.807, 2.05) is 61.2 Å². The SMILES string of the molecule is Cc1c(-c2cc(CN3CCCC(CNC(=O)c4ccccc4)C3)on2)cnn1C. The molecule has 7 heteroatoms. The van der Waals surface area contributed by atoms with Crippen LogP contribution in [0, 0.1) is 12.8 Å². The summed E-state index contributed by atoms with van der Waals surface area (Å²) in [5.74, 6) is 1.30. The molecule has 0 spiro atoms. The van der Waals surface area contributed by atoms with Crippen LogP contribution in [0.15, 0.2) is 47.1 Å². The van der Waals surface area contributed by atoms with Crippen molar-refractivity contribution in [2.75, 3.05) is 19.6 Å². The monoisotopic (exact) mass is 393 g/mol. The third-order valence-corrected chi connectivity index (χ3v) is 5.64. The Morgan fingerprint density at radius 1 is 1.31 bits per heavy atom. The fourth-order valence-electron chi connectivity index (χ4n) is 3.88. The quantitative estimate of drug-likeness (QED) is 0.697. The van der Waals surface area contributed by atoms with Crippen molar-refractivity contribution in [3.8, 4) is 11.3 Å². The van der Waals surface area contributed by atoms with Crippen molar-refractivity contribution in [3.05, 3.63) is 59.6 Å². The van der Waals surface area contributed by atoms with E-state index >= 15 is 0 Å². The van der Waals surface area contributed by atoms with E-state index in [0.29, 0.717) is 18.0 Å². The molecular formula is C22H27N5O2. The number of benzene rings is 1. The largest absolute Gasteiger partial charge is 0.359 e. The van der Waals surface area contributed by atoms with Crippen molar-refractivity contribution < 1.29 is 9.32 Å². The Bertz CT molecular complexity index is 963. The number of piperidine rings is 1. The fraction of sp³-hybridized carbons (Fsp3) is 0.409. The van der Waals surface area contributed by atoms with E-state index in [-0.39, 0.29) is 5.91 Å². The van der Waals surface area contributed by atoms with Crippen LogP contribution in [-0.4, -0.2) is 45.4 Å². The van der Waals surface area contributed by atoms with Gasteiger partial charge >= 0.3 is 0 Å². The number of nitrogens with zero attached hydrogens (tertiary/aromatic N) is 4. The van der Waals surface area contributed by atoms with Gasteiger partial charge in [0.25, 0.3) is 5.91 Å². The van der Waals surface area contributed by atoms with Crippen molar-refractivity contribution in [1.82, 2.24) is 25.2 Å². The molecule has 3 aromatic rings. The summed E-state index contributed by atoms with van der Waals surface area (Å²) in [7, 11) is 1.92. The topological polar surface area (TPSA) is 76.2 Å². The first-order valence-corrected chi connectivity index (χ1v) is 10.1. The van der Waals surface area contributed by atoms with Gasteiger partial charge in [-0.1, -0.05) is 23.4 Å². The molecule has 0 bridgehead atoms. The Morgan fingerprint density at radius 3 is 2.90 bits per heavy atom. The van der Waals surface area contributed by atoms with Crippen LogP contribution in [0.3, 0.4) is 0 Å². The predicted molar refractivity (Wildman–Crippen MR) is 110 cm³/mol. The lowest BCUT2D eigenvalue weighted by atomic mass is 9.97. The third-order valence-electron chi connectivity index (χ3n) is 5.64. The molecule has 4 rings (SSSR count). The van der Waals surface area contributed by atoms with E-state index in [2.05, 4.69) is 20.5 Å². The van der Waals surface area contributed by atoms with Crippen molar-refractivity contribution in [2.45, 2.75) is 26.3 Å². The van der Waals surface area contributed by atoms with Gasteiger partial charge in [-0.05, 0) is 44.4 Å². The minimum absolute atomic E-state index is 0.00515.